The minimum atomic E-state index is -0.0932. The maximum Gasteiger partial charge on any atom is 0.0577 e. The molecule has 9 atom stereocenters. The zero-order valence-electron chi connectivity index (χ0n) is 20.3. The molecule has 0 aliphatic heterocycles. The first-order valence-electron chi connectivity index (χ1n) is 12.9. The molecule has 4 rings (SSSR count). The van der Waals surface area contributed by atoms with Gasteiger partial charge in [-0.1, -0.05) is 63.6 Å². The number of hydrogen-bond donors (Lipinski definition) is 1. The Morgan fingerprint density at radius 1 is 1.17 bits per heavy atom. The SMILES string of the molecule is C=C(C)C(C=C[C@@H](C)[C@H]1CC[C@H]2[C@@H]3CC=C4C[C@@H](O)CC[C@]4(C)[C@H]3CC[C@]12C)CC. The quantitative estimate of drug-likeness (QED) is 0.460. The number of allylic oxidation sites excluding steroid dienone is 4. The lowest BCUT2D eigenvalue weighted by atomic mass is 9.47. The first-order valence-corrected chi connectivity index (χ1v) is 12.9. The van der Waals surface area contributed by atoms with E-state index in [1.54, 1.807) is 5.57 Å². The van der Waals surface area contributed by atoms with Crippen LogP contribution in [0, 0.1) is 46.3 Å². The van der Waals surface area contributed by atoms with Crippen molar-refractivity contribution in [1.82, 2.24) is 0 Å². The highest BCUT2D eigenvalue weighted by Crippen LogP contribution is 2.67. The molecule has 0 radical (unpaired) electrons. The summed E-state index contributed by atoms with van der Waals surface area (Å²) < 4.78 is 0. The molecule has 0 spiro atoms. The van der Waals surface area contributed by atoms with Gasteiger partial charge < -0.3 is 5.11 Å². The zero-order valence-corrected chi connectivity index (χ0v) is 20.3. The van der Waals surface area contributed by atoms with Gasteiger partial charge in [0.1, 0.15) is 0 Å². The van der Waals surface area contributed by atoms with Crippen LogP contribution in [0.15, 0.2) is 36.0 Å². The second kappa shape index (κ2) is 8.27. The van der Waals surface area contributed by atoms with Crippen LogP contribution in [0.5, 0.6) is 0 Å². The summed E-state index contributed by atoms with van der Waals surface area (Å²) in [6.07, 6.45) is 18.7. The summed E-state index contributed by atoms with van der Waals surface area (Å²) in [5.41, 5.74) is 3.77. The molecule has 1 heteroatoms. The van der Waals surface area contributed by atoms with E-state index < -0.39 is 0 Å². The van der Waals surface area contributed by atoms with Crippen molar-refractivity contribution in [3.8, 4) is 0 Å². The number of fused-ring (bicyclic) bond motifs is 5. The molecule has 3 saturated carbocycles. The predicted octanol–water partition coefficient (Wildman–Crippen LogP) is 7.72. The molecule has 30 heavy (non-hydrogen) atoms. The zero-order chi connectivity index (χ0) is 21.7. The van der Waals surface area contributed by atoms with Crippen molar-refractivity contribution in [3.63, 3.8) is 0 Å². The van der Waals surface area contributed by atoms with Crippen molar-refractivity contribution in [2.45, 2.75) is 98.5 Å². The van der Waals surface area contributed by atoms with E-state index in [0.29, 0.717) is 22.7 Å². The summed E-state index contributed by atoms with van der Waals surface area (Å²) in [4.78, 5) is 0. The van der Waals surface area contributed by atoms with Crippen molar-refractivity contribution in [2.75, 3.05) is 0 Å². The molecule has 4 aliphatic carbocycles. The fourth-order valence-corrected chi connectivity index (χ4v) is 8.64. The van der Waals surface area contributed by atoms with E-state index in [4.69, 9.17) is 0 Å². The predicted molar refractivity (Wildman–Crippen MR) is 128 cm³/mol. The third-order valence-corrected chi connectivity index (χ3v) is 10.5. The normalized spacial score (nSPS) is 45.3. The van der Waals surface area contributed by atoms with Gasteiger partial charge in [-0.15, -0.1) is 0 Å². The molecule has 0 aromatic carbocycles. The molecule has 1 unspecified atom stereocenters. The van der Waals surface area contributed by atoms with Crippen LogP contribution in [0.1, 0.15) is 92.4 Å². The average Bonchev–Trinajstić information content (AvgIpc) is 3.06. The molecule has 4 aliphatic rings. The molecule has 0 bridgehead atoms. The Labute approximate surface area is 186 Å². The Kier molecular flexibility index (Phi) is 6.17. The van der Waals surface area contributed by atoms with Gasteiger partial charge in [0.15, 0.2) is 0 Å². The second-order valence-corrected chi connectivity index (χ2v) is 12.0. The fraction of sp³-hybridized carbons (Fsp3) is 0.793. The summed E-state index contributed by atoms with van der Waals surface area (Å²) in [7, 11) is 0. The Morgan fingerprint density at radius 3 is 2.63 bits per heavy atom. The van der Waals surface area contributed by atoms with E-state index in [1.807, 2.05) is 0 Å². The first-order chi connectivity index (χ1) is 14.2. The van der Waals surface area contributed by atoms with Gasteiger partial charge in [0.2, 0.25) is 0 Å². The summed E-state index contributed by atoms with van der Waals surface area (Å²) in [6, 6.07) is 0. The lowest BCUT2D eigenvalue weighted by molar-refractivity contribution is -0.0540. The standard InChI is InChI=1S/C29H46O/c1-7-21(19(2)3)9-8-20(4)25-12-13-26-24-11-10-22-18-23(30)14-16-28(22,5)27(24)15-17-29(25,26)6/h8-10,20-21,23-27,30H,2,7,11-18H2,1,3-6H3/t20-,21?,23+,24+,25-,26+,27+,28+,29-/m1/s1. The van der Waals surface area contributed by atoms with E-state index in [-0.39, 0.29) is 6.10 Å². The summed E-state index contributed by atoms with van der Waals surface area (Å²) in [6.45, 7) is 16.3. The van der Waals surface area contributed by atoms with E-state index in [9.17, 15) is 5.11 Å². The van der Waals surface area contributed by atoms with Crippen molar-refractivity contribution >= 4 is 0 Å². The van der Waals surface area contributed by atoms with Crippen LogP contribution in [0.2, 0.25) is 0 Å². The minimum Gasteiger partial charge on any atom is -0.393 e. The Bertz CT molecular complexity index is 716. The highest BCUT2D eigenvalue weighted by atomic mass is 16.3. The van der Waals surface area contributed by atoms with Crippen molar-refractivity contribution in [1.29, 1.82) is 0 Å². The van der Waals surface area contributed by atoms with Gasteiger partial charge in [0, 0.05) is 0 Å². The van der Waals surface area contributed by atoms with E-state index >= 15 is 0 Å². The van der Waals surface area contributed by atoms with Gasteiger partial charge in [-0.2, -0.15) is 0 Å². The van der Waals surface area contributed by atoms with Gasteiger partial charge in [0.25, 0.3) is 0 Å². The number of aliphatic hydroxyl groups excluding tert-OH is 1. The number of hydrogen-bond acceptors (Lipinski definition) is 1. The topological polar surface area (TPSA) is 20.2 Å². The summed E-state index contributed by atoms with van der Waals surface area (Å²) in [5, 5.41) is 10.2. The summed E-state index contributed by atoms with van der Waals surface area (Å²) >= 11 is 0. The van der Waals surface area contributed by atoms with E-state index in [1.165, 1.54) is 44.1 Å². The van der Waals surface area contributed by atoms with Crippen molar-refractivity contribution < 1.29 is 5.11 Å². The van der Waals surface area contributed by atoms with Gasteiger partial charge in [-0.3, -0.25) is 0 Å². The maximum absolute atomic E-state index is 10.2. The molecule has 1 N–H and O–H groups in total. The molecule has 168 valence electrons. The van der Waals surface area contributed by atoms with Gasteiger partial charge in [-0.25, -0.2) is 0 Å². The van der Waals surface area contributed by atoms with Crippen LogP contribution in [0.3, 0.4) is 0 Å². The largest absolute Gasteiger partial charge is 0.393 e. The average molecular weight is 411 g/mol. The highest BCUT2D eigenvalue weighted by Gasteiger charge is 2.58. The van der Waals surface area contributed by atoms with Crippen LogP contribution >= 0.6 is 0 Å². The molecule has 0 saturated heterocycles. The molecule has 0 amide bonds. The Morgan fingerprint density at radius 2 is 1.93 bits per heavy atom. The molecule has 0 heterocycles. The number of aliphatic hydroxyl groups is 1. The fourth-order valence-electron chi connectivity index (χ4n) is 8.64. The third-order valence-electron chi connectivity index (χ3n) is 10.5. The molecule has 3 fully saturated rings. The smallest absolute Gasteiger partial charge is 0.0577 e. The van der Waals surface area contributed by atoms with Crippen molar-refractivity contribution in [3.05, 3.63) is 36.0 Å². The molecule has 1 nitrogen and oxygen atoms in total. The van der Waals surface area contributed by atoms with Crippen LogP contribution in [0.25, 0.3) is 0 Å². The highest BCUT2D eigenvalue weighted by molar-refractivity contribution is 5.25. The van der Waals surface area contributed by atoms with E-state index in [0.717, 1.165) is 42.9 Å². The first kappa shape index (κ1) is 22.4. The van der Waals surface area contributed by atoms with Crippen LogP contribution in [-0.4, -0.2) is 11.2 Å². The van der Waals surface area contributed by atoms with Crippen LogP contribution < -0.4 is 0 Å². The van der Waals surface area contributed by atoms with E-state index in [2.05, 4.69) is 59.4 Å². The minimum absolute atomic E-state index is 0.0932. The maximum atomic E-state index is 10.2. The van der Waals surface area contributed by atoms with Gasteiger partial charge in [0.05, 0.1) is 6.10 Å². The van der Waals surface area contributed by atoms with Gasteiger partial charge in [-0.05, 0) is 111 Å². The molecular weight excluding hydrogens is 364 g/mol. The summed E-state index contributed by atoms with van der Waals surface area (Å²) in [5.74, 6) is 4.64. The van der Waals surface area contributed by atoms with Crippen molar-refractivity contribution in [2.24, 2.45) is 46.3 Å². The second-order valence-electron chi connectivity index (χ2n) is 12.0. The number of rotatable bonds is 5. The molecular formula is C29H46O. The Balaban J connectivity index is 1.53. The van der Waals surface area contributed by atoms with Crippen LogP contribution in [0.4, 0.5) is 0 Å². The molecule has 0 aromatic heterocycles. The molecule has 0 aromatic rings. The third kappa shape index (κ3) is 3.58. The lowest BCUT2D eigenvalue weighted by Crippen LogP contribution is -2.50. The Hall–Kier alpha value is -0.820. The van der Waals surface area contributed by atoms with Gasteiger partial charge >= 0.3 is 0 Å². The lowest BCUT2D eigenvalue weighted by Gasteiger charge is -2.58. The van der Waals surface area contributed by atoms with Crippen LogP contribution in [-0.2, 0) is 0 Å². The monoisotopic (exact) mass is 410 g/mol.